The summed E-state index contributed by atoms with van der Waals surface area (Å²) in [6, 6.07) is 12.0. The molecule has 0 fully saturated rings. The molecule has 0 bridgehead atoms. The van der Waals surface area contributed by atoms with Crippen molar-refractivity contribution in [1.29, 1.82) is 0 Å². The lowest BCUT2D eigenvalue weighted by Gasteiger charge is -2.30. The molecule has 0 aliphatic heterocycles. The molecule has 2 aromatic carbocycles. The number of benzene rings is 2. The largest absolute Gasteiger partial charge is 0.497 e. The lowest BCUT2D eigenvalue weighted by atomic mass is 9.88. The molecule has 1 amide bonds. The smallest absolute Gasteiger partial charge is 0.306 e. The first-order chi connectivity index (χ1) is 12.8. The van der Waals surface area contributed by atoms with Gasteiger partial charge in [-0.05, 0) is 42.8 Å². The van der Waals surface area contributed by atoms with E-state index in [1.54, 1.807) is 49.4 Å². The molecule has 1 unspecified atom stereocenters. The fourth-order valence-corrected chi connectivity index (χ4v) is 3.09. The number of hydrogen-bond acceptors (Lipinski definition) is 4. The third-order valence-electron chi connectivity index (χ3n) is 4.22. The SMILES string of the molecule is COc1cccc(C(C)(CC(=O)O)NC(=O)Cc2cc(Cl)ccc2OC)c1. The standard InChI is InChI=1S/C20H22ClNO5/c1-20(12-19(24)25,14-5-4-6-16(11-14)26-2)22-18(23)10-13-9-15(21)7-8-17(13)27-3/h4-9,11H,10,12H2,1-3H3,(H,22,23)(H,24,25). The number of carboxylic acid groups (broad SMARTS) is 1. The Kier molecular flexibility index (Phi) is 6.69. The van der Waals surface area contributed by atoms with E-state index >= 15 is 0 Å². The first kappa shape index (κ1) is 20.6. The molecule has 2 aromatic rings. The van der Waals surface area contributed by atoms with E-state index in [1.165, 1.54) is 14.2 Å². The first-order valence-electron chi connectivity index (χ1n) is 8.27. The average molecular weight is 392 g/mol. The maximum atomic E-state index is 12.7. The van der Waals surface area contributed by atoms with Crippen molar-refractivity contribution in [2.75, 3.05) is 14.2 Å². The molecule has 7 heteroatoms. The fraction of sp³-hybridized carbons (Fsp3) is 0.300. The molecule has 6 nitrogen and oxygen atoms in total. The van der Waals surface area contributed by atoms with Crippen LogP contribution in [0.25, 0.3) is 0 Å². The second kappa shape index (κ2) is 8.77. The molecule has 27 heavy (non-hydrogen) atoms. The molecule has 0 aromatic heterocycles. The number of hydrogen-bond donors (Lipinski definition) is 2. The zero-order valence-corrected chi connectivity index (χ0v) is 16.2. The Balaban J connectivity index is 2.29. The minimum atomic E-state index is -1.11. The minimum absolute atomic E-state index is 0.00289. The molecule has 0 saturated carbocycles. The Morgan fingerprint density at radius 3 is 2.52 bits per heavy atom. The normalized spacial score (nSPS) is 12.7. The van der Waals surface area contributed by atoms with Crippen LogP contribution in [0.3, 0.4) is 0 Å². The predicted octanol–water partition coefficient (Wildman–Crippen LogP) is 3.41. The fourth-order valence-electron chi connectivity index (χ4n) is 2.90. The molecule has 1 atom stereocenters. The summed E-state index contributed by atoms with van der Waals surface area (Å²) in [4.78, 5) is 24.1. The predicted molar refractivity (Wildman–Crippen MR) is 102 cm³/mol. The number of halogens is 1. The van der Waals surface area contributed by atoms with Gasteiger partial charge in [0, 0.05) is 10.6 Å². The van der Waals surface area contributed by atoms with Crippen molar-refractivity contribution < 1.29 is 24.2 Å². The van der Waals surface area contributed by atoms with Crippen molar-refractivity contribution in [3.8, 4) is 11.5 Å². The van der Waals surface area contributed by atoms with E-state index in [2.05, 4.69) is 5.32 Å². The van der Waals surface area contributed by atoms with Gasteiger partial charge >= 0.3 is 5.97 Å². The van der Waals surface area contributed by atoms with Crippen molar-refractivity contribution in [3.05, 3.63) is 58.6 Å². The van der Waals surface area contributed by atoms with Gasteiger partial charge in [0.25, 0.3) is 0 Å². The van der Waals surface area contributed by atoms with Crippen molar-refractivity contribution in [2.45, 2.75) is 25.3 Å². The molecule has 0 aliphatic rings. The van der Waals surface area contributed by atoms with Crippen LogP contribution in [0.15, 0.2) is 42.5 Å². The number of carbonyl (C=O) groups is 2. The van der Waals surface area contributed by atoms with E-state index in [0.717, 1.165) is 0 Å². The molecule has 0 radical (unpaired) electrons. The molecule has 2 N–H and O–H groups in total. The maximum Gasteiger partial charge on any atom is 0.306 e. The van der Waals surface area contributed by atoms with Gasteiger partial charge in [0.05, 0.1) is 32.6 Å². The highest BCUT2D eigenvalue weighted by Gasteiger charge is 2.32. The Bertz CT molecular complexity index is 839. The van der Waals surface area contributed by atoms with E-state index in [9.17, 15) is 14.7 Å². The highest BCUT2D eigenvalue weighted by molar-refractivity contribution is 6.30. The Labute approximate surface area is 163 Å². The summed E-state index contributed by atoms with van der Waals surface area (Å²) in [5.74, 6) is -0.256. The zero-order valence-electron chi connectivity index (χ0n) is 15.4. The van der Waals surface area contributed by atoms with Gasteiger partial charge in [-0.3, -0.25) is 9.59 Å². The summed E-state index contributed by atoms with van der Waals surface area (Å²) in [7, 11) is 3.03. The minimum Gasteiger partial charge on any atom is -0.497 e. The van der Waals surface area contributed by atoms with Gasteiger partial charge in [0.15, 0.2) is 0 Å². The first-order valence-corrected chi connectivity index (χ1v) is 8.65. The molecule has 0 spiro atoms. The van der Waals surface area contributed by atoms with Gasteiger partial charge in [0.2, 0.25) is 5.91 Å². The molecule has 2 rings (SSSR count). The number of rotatable bonds is 8. The number of nitrogens with one attached hydrogen (secondary N) is 1. The number of carboxylic acids is 1. The van der Waals surface area contributed by atoms with Gasteiger partial charge < -0.3 is 19.9 Å². The van der Waals surface area contributed by atoms with E-state index < -0.39 is 11.5 Å². The summed E-state index contributed by atoms with van der Waals surface area (Å²) < 4.78 is 10.5. The number of aliphatic carboxylic acids is 1. The quantitative estimate of drug-likeness (QED) is 0.720. The van der Waals surface area contributed by atoms with Crippen LogP contribution in [0.1, 0.15) is 24.5 Å². The highest BCUT2D eigenvalue weighted by atomic mass is 35.5. The molecule has 0 heterocycles. The summed E-state index contributed by atoms with van der Waals surface area (Å²) >= 11 is 6.01. The van der Waals surface area contributed by atoms with Crippen LogP contribution in [0, 0.1) is 0 Å². The third-order valence-corrected chi connectivity index (χ3v) is 4.46. The van der Waals surface area contributed by atoms with Crippen molar-refractivity contribution in [2.24, 2.45) is 0 Å². The van der Waals surface area contributed by atoms with Crippen molar-refractivity contribution in [1.82, 2.24) is 5.32 Å². The van der Waals surface area contributed by atoms with Crippen LogP contribution in [-0.4, -0.2) is 31.2 Å². The maximum absolute atomic E-state index is 12.7. The summed E-state index contributed by atoms with van der Waals surface area (Å²) in [6.07, 6.45) is -0.276. The van der Waals surface area contributed by atoms with E-state index in [4.69, 9.17) is 21.1 Å². The number of amides is 1. The van der Waals surface area contributed by atoms with Crippen molar-refractivity contribution in [3.63, 3.8) is 0 Å². The van der Waals surface area contributed by atoms with Crippen LogP contribution in [0.5, 0.6) is 11.5 Å². The van der Waals surface area contributed by atoms with Gasteiger partial charge in [-0.15, -0.1) is 0 Å². The molecular formula is C20H22ClNO5. The van der Waals surface area contributed by atoms with E-state index in [1.807, 2.05) is 0 Å². The Morgan fingerprint density at radius 2 is 1.89 bits per heavy atom. The van der Waals surface area contributed by atoms with E-state index in [0.29, 0.717) is 27.6 Å². The number of ether oxygens (including phenoxy) is 2. The summed E-state index contributed by atoms with van der Waals surface area (Å²) in [5, 5.41) is 12.7. The monoisotopic (exact) mass is 391 g/mol. The lowest BCUT2D eigenvalue weighted by Crippen LogP contribution is -2.45. The lowest BCUT2D eigenvalue weighted by molar-refractivity contribution is -0.139. The Hall–Kier alpha value is -2.73. The average Bonchev–Trinajstić information content (AvgIpc) is 2.61. The second-order valence-corrected chi connectivity index (χ2v) is 6.75. The van der Waals surface area contributed by atoms with Crippen LogP contribution in [-0.2, 0) is 21.5 Å². The summed E-state index contributed by atoms with van der Waals surface area (Å²) in [6.45, 7) is 1.67. The van der Waals surface area contributed by atoms with Gasteiger partial charge in [0.1, 0.15) is 11.5 Å². The molecule has 0 aliphatic carbocycles. The molecular weight excluding hydrogens is 370 g/mol. The topological polar surface area (TPSA) is 84.9 Å². The van der Waals surface area contributed by atoms with Gasteiger partial charge in [-0.2, -0.15) is 0 Å². The van der Waals surface area contributed by atoms with E-state index in [-0.39, 0.29) is 18.7 Å². The van der Waals surface area contributed by atoms with Crippen LogP contribution in [0.2, 0.25) is 5.02 Å². The highest BCUT2D eigenvalue weighted by Crippen LogP contribution is 2.29. The van der Waals surface area contributed by atoms with Crippen LogP contribution < -0.4 is 14.8 Å². The van der Waals surface area contributed by atoms with Crippen LogP contribution in [0.4, 0.5) is 0 Å². The van der Waals surface area contributed by atoms with Crippen molar-refractivity contribution >= 4 is 23.5 Å². The van der Waals surface area contributed by atoms with Gasteiger partial charge in [-0.25, -0.2) is 0 Å². The third kappa shape index (κ3) is 5.37. The second-order valence-electron chi connectivity index (χ2n) is 6.32. The summed E-state index contributed by atoms with van der Waals surface area (Å²) in [5.41, 5.74) is 0.143. The van der Waals surface area contributed by atoms with Crippen LogP contribution >= 0.6 is 11.6 Å². The molecule has 0 saturated heterocycles. The Morgan fingerprint density at radius 1 is 1.15 bits per heavy atom. The zero-order chi connectivity index (χ0) is 20.0. The number of carbonyl (C=O) groups excluding carboxylic acids is 1. The molecule has 144 valence electrons. The number of methoxy groups -OCH3 is 2. The van der Waals surface area contributed by atoms with Gasteiger partial charge in [-0.1, -0.05) is 23.7 Å².